The Balaban J connectivity index is 2.07. The van der Waals surface area contributed by atoms with Gasteiger partial charge in [-0.15, -0.1) is 0 Å². The van der Waals surface area contributed by atoms with Crippen LogP contribution in [0.4, 0.5) is 5.69 Å². The summed E-state index contributed by atoms with van der Waals surface area (Å²) in [6.45, 7) is 0.0679. The van der Waals surface area contributed by atoms with E-state index in [-0.39, 0.29) is 21.9 Å². The number of aliphatic hydroxyl groups is 1. The van der Waals surface area contributed by atoms with Crippen molar-refractivity contribution in [3.05, 3.63) is 46.3 Å². The number of para-hydroxylation sites is 1. The fourth-order valence-corrected chi connectivity index (χ4v) is 4.79. The number of hydrogen-bond donors (Lipinski definition) is 1. The molecule has 0 saturated carbocycles. The SMILES string of the molecule is O=S(=O)(c1cc(CO)oc1Br)N1CCc2ccccc21. The highest BCUT2D eigenvalue weighted by molar-refractivity contribution is 9.10. The van der Waals surface area contributed by atoms with Crippen LogP contribution in [0.3, 0.4) is 0 Å². The van der Waals surface area contributed by atoms with Crippen LogP contribution in [0, 0.1) is 0 Å². The second-order valence-corrected chi connectivity index (χ2v) is 7.02. The summed E-state index contributed by atoms with van der Waals surface area (Å²) in [4.78, 5) is 0.0400. The van der Waals surface area contributed by atoms with Crippen LogP contribution in [-0.2, 0) is 23.1 Å². The van der Waals surface area contributed by atoms with Gasteiger partial charge in [0.25, 0.3) is 10.0 Å². The predicted octanol–water partition coefficient (Wildman–Crippen LogP) is 2.29. The zero-order valence-corrected chi connectivity index (χ0v) is 12.8. The molecule has 2 aromatic rings. The number of fused-ring (bicyclic) bond motifs is 1. The van der Waals surface area contributed by atoms with E-state index in [1.54, 1.807) is 6.07 Å². The number of sulfonamides is 1. The highest BCUT2D eigenvalue weighted by Gasteiger charge is 2.33. The Bertz CT molecular complexity index is 753. The lowest BCUT2D eigenvalue weighted by Gasteiger charge is -2.18. The van der Waals surface area contributed by atoms with Crippen molar-refractivity contribution in [1.82, 2.24) is 0 Å². The number of aliphatic hydroxyl groups excluding tert-OH is 1. The molecule has 0 fully saturated rings. The molecule has 0 saturated heterocycles. The molecule has 106 valence electrons. The number of anilines is 1. The van der Waals surface area contributed by atoms with E-state index >= 15 is 0 Å². The first-order valence-electron chi connectivity index (χ1n) is 6.04. The third kappa shape index (κ3) is 2.06. The second-order valence-electron chi connectivity index (χ2n) is 4.46. The van der Waals surface area contributed by atoms with Gasteiger partial charge >= 0.3 is 0 Å². The Labute approximate surface area is 125 Å². The van der Waals surface area contributed by atoms with Crippen LogP contribution in [0.15, 0.2) is 44.3 Å². The van der Waals surface area contributed by atoms with Crippen LogP contribution in [-0.4, -0.2) is 20.1 Å². The summed E-state index contributed by atoms with van der Waals surface area (Å²) in [5.74, 6) is 0.211. The first-order valence-corrected chi connectivity index (χ1v) is 8.27. The fraction of sp³-hybridized carbons (Fsp3) is 0.231. The van der Waals surface area contributed by atoms with Gasteiger partial charge in [-0.1, -0.05) is 18.2 Å². The topological polar surface area (TPSA) is 70.8 Å². The van der Waals surface area contributed by atoms with Gasteiger partial charge in [0.05, 0.1) is 5.69 Å². The van der Waals surface area contributed by atoms with Gasteiger partial charge in [0.2, 0.25) is 0 Å². The number of rotatable bonds is 3. The highest BCUT2D eigenvalue weighted by Crippen LogP contribution is 2.36. The molecule has 0 aliphatic carbocycles. The van der Waals surface area contributed by atoms with Crippen molar-refractivity contribution in [3.63, 3.8) is 0 Å². The van der Waals surface area contributed by atoms with Gasteiger partial charge in [-0.3, -0.25) is 4.31 Å². The minimum absolute atomic E-state index is 0.0400. The molecular weight excluding hydrogens is 346 g/mol. The van der Waals surface area contributed by atoms with Crippen LogP contribution >= 0.6 is 15.9 Å². The summed E-state index contributed by atoms with van der Waals surface area (Å²) < 4.78 is 32.1. The molecule has 1 aromatic carbocycles. The molecule has 1 N–H and O–H groups in total. The molecule has 1 aliphatic heterocycles. The Morgan fingerprint density at radius 2 is 2.10 bits per heavy atom. The number of furan rings is 1. The Kier molecular flexibility index (Phi) is 3.35. The van der Waals surface area contributed by atoms with Crippen molar-refractivity contribution in [1.29, 1.82) is 0 Å². The lowest BCUT2D eigenvalue weighted by atomic mass is 10.2. The van der Waals surface area contributed by atoms with Crippen LogP contribution in [0.2, 0.25) is 0 Å². The zero-order valence-electron chi connectivity index (χ0n) is 10.4. The van der Waals surface area contributed by atoms with Crippen molar-refractivity contribution in [2.75, 3.05) is 10.8 Å². The molecule has 0 radical (unpaired) electrons. The Hall–Kier alpha value is -1.31. The number of halogens is 1. The highest BCUT2D eigenvalue weighted by atomic mass is 79.9. The molecule has 1 aromatic heterocycles. The standard InChI is InChI=1S/C13H12BrNO4S/c14-13-12(7-10(8-16)19-13)20(17,18)15-6-5-9-3-1-2-4-11(9)15/h1-4,7,16H,5-6,8H2. The minimum atomic E-state index is -3.69. The average Bonchev–Trinajstić information content (AvgIpc) is 3.02. The summed E-state index contributed by atoms with van der Waals surface area (Å²) in [5.41, 5.74) is 1.71. The molecule has 20 heavy (non-hydrogen) atoms. The molecule has 0 amide bonds. The molecule has 5 nitrogen and oxygen atoms in total. The predicted molar refractivity (Wildman–Crippen MR) is 77.0 cm³/mol. The Morgan fingerprint density at radius 1 is 1.35 bits per heavy atom. The average molecular weight is 358 g/mol. The lowest BCUT2D eigenvalue weighted by molar-refractivity contribution is 0.245. The van der Waals surface area contributed by atoms with E-state index in [0.717, 1.165) is 5.56 Å². The monoisotopic (exact) mass is 357 g/mol. The molecule has 0 unspecified atom stereocenters. The van der Waals surface area contributed by atoms with Gasteiger partial charge in [0.15, 0.2) is 4.67 Å². The van der Waals surface area contributed by atoms with Gasteiger partial charge in [-0.2, -0.15) is 0 Å². The van der Waals surface area contributed by atoms with E-state index in [0.29, 0.717) is 18.7 Å². The minimum Gasteiger partial charge on any atom is -0.450 e. The molecule has 0 atom stereocenters. The molecular formula is C13H12BrNO4S. The van der Waals surface area contributed by atoms with Crippen LogP contribution in [0.1, 0.15) is 11.3 Å². The van der Waals surface area contributed by atoms with Crippen molar-refractivity contribution in [2.45, 2.75) is 17.9 Å². The van der Waals surface area contributed by atoms with Gasteiger partial charge in [0, 0.05) is 12.6 Å². The smallest absolute Gasteiger partial charge is 0.268 e. The van der Waals surface area contributed by atoms with Crippen molar-refractivity contribution >= 4 is 31.6 Å². The number of hydrogen-bond acceptors (Lipinski definition) is 4. The normalized spacial score (nSPS) is 14.6. The summed E-state index contributed by atoms with van der Waals surface area (Å²) in [6, 6.07) is 8.78. The van der Waals surface area contributed by atoms with E-state index in [9.17, 15) is 8.42 Å². The van der Waals surface area contributed by atoms with E-state index in [4.69, 9.17) is 9.52 Å². The van der Waals surface area contributed by atoms with Crippen LogP contribution in [0.25, 0.3) is 0 Å². The third-order valence-electron chi connectivity index (χ3n) is 3.27. The quantitative estimate of drug-likeness (QED) is 0.914. The fourth-order valence-electron chi connectivity index (χ4n) is 2.33. The zero-order chi connectivity index (χ0) is 14.3. The maximum absolute atomic E-state index is 12.7. The molecule has 0 spiro atoms. The van der Waals surface area contributed by atoms with Gasteiger partial charge < -0.3 is 9.52 Å². The van der Waals surface area contributed by atoms with Crippen molar-refractivity contribution in [2.24, 2.45) is 0 Å². The number of benzene rings is 1. The van der Waals surface area contributed by atoms with Crippen molar-refractivity contribution in [3.8, 4) is 0 Å². The maximum Gasteiger partial charge on any atom is 0.268 e. The first kappa shape index (κ1) is 13.7. The van der Waals surface area contributed by atoms with E-state index in [1.165, 1.54) is 10.4 Å². The third-order valence-corrected chi connectivity index (χ3v) is 5.95. The molecule has 7 heteroatoms. The van der Waals surface area contributed by atoms with Crippen LogP contribution < -0.4 is 4.31 Å². The number of nitrogens with zero attached hydrogens (tertiary/aromatic N) is 1. The summed E-state index contributed by atoms with van der Waals surface area (Å²) in [6.07, 6.45) is 0.692. The largest absolute Gasteiger partial charge is 0.450 e. The van der Waals surface area contributed by atoms with Gasteiger partial charge in [0.1, 0.15) is 17.3 Å². The van der Waals surface area contributed by atoms with Crippen molar-refractivity contribution < 1.29 is 17.9 Å². The summed E-state index contributed by atoms with van der Waals surface area (Å²) in [5, 5.41) is 9.04. The molecule has 3 rings (SSSR count). The lowest BCUT2D eigenvalue weighted by Crippen LogP contribution is -2.29. The maximum atomic E-state index is 12.7. The van der Waals surface area contributed by atoms with Gasteiger partial charge in [-0.25, -0.2) is 8.42 Å². The Morgan fingerprint density at radius 3 is 2.80 bits per heavy atom. The second kappa shape index (κ2) is 4.91. The van der Waals surface area contributed by atoms with E-state index < -0.39 is 10.0 Å². The van der Waals surface area contributed by atoms with Gasteiger partial charge in [-0.05, 0) is 34.0 Å². The van der Waals surface area contributed by atoms with E-state index in [2.05, 4.69) is 15.9 Å². The summed E-state index contributed by atoms with van der Waals surface area (Å²) >= 11 is 3.10. The first-order chi connectivity index (χ1) is 9.54. The summed E-state index contributed by atoms with van der Waals surface area (Å²) in [7, 11) is -3.69. The molecule has 0 bridgehead atoms. The molecule has 1 aliphatic rings. The van der Waals surface area contributed by atoms with E-state index in [1.807, 2.05) is 18.2 Å². The molecule has 2 heterocycles. The van der Waals surface area contributed by atoms with Crippen LogP contribution in [0.5, 0.6) is 0 Å².